The van der Waals surface area contributed by atoms with Crippen molar-refractivity contribution in [2.45, 2.75) is 26.2 Å². The van der Waals surface area contributed by atoms with Crippen LogP contribution in [0.5, 0.6) is 0 Å². The molecule has 0 amide bonds. The molecule has 0 aliphatic carbocycles. The first-order valence-electron chi connectivity index (χ1n) is 7.38. The van der Waals surface area contributed by atoms with Crippen LogP contribution >= 0.6 is 0 Å². The van der Waals surface area contributed by atoms with E-state index in [2.05, 4.69) is 37.8 Å². The van der Waals surface area contributed by atoms with Gasteiger partial charge in [0.15, 0.2) is 11.5 Å². The Bertz CT molecular complexity index is 546. The summed E-state index contributed by atoms with van der Waals surface area (Å²) in [6, 6.07) is 3.93. The summed E-state index contributed by atoms with van der Waals surface area (Å²) in [5, 5.41) is 19.4. The van der Waals surface area contributed by atoms with Crippen LogP contribution < -0.4 is 10.2 Å². The molecule has 0 bridgehead atoms. The molecule has 0 saturated carbocycles. The number of nitrogens with zero attached hydrogens (tertiary/aromatic N) is 6. The topological polar surface area (TPSA) is 71.2 Å². The molecule has 20 heavy (non-hydrogen) atoms. The summed E-state index contributed by atoms with van der Waals surface area (Å²) in [5.74, 6) is 1.65. The van der Waals surface area contributed by atoms with Gasteiger partial charge < -0.3 is 10.2 Å². The van der Waals surface area contributed by atoms with Gasteiger partial charge in [-0.05, 0) is 60.8 Å². The summed E-state index contributed by atoms with van der Waals surface area (Å²) >= 11 is 0. The van der Waals surface area contributed by atoms with E-state index in [1.165, 1.54) is 17.5 Å². The second-order valence-corrected chi connectivity index (χ2v) is 5.38. The van der Waals surface area contributed by atoms with Crippen LogP contribution in [0.4, 0.5) is 5.82 Å². The van der Waals surface area contributed by atoms with Crippen LogP contribution in [0.15, 0.2) is 12.1 Å². The molecule has 108 valence electrons. The Morgan fingerprint density at radius 2 is 2.40 bits per heavy atom. The number of fused-ring (bicyclic) bond motifs is 1. The molecule has 1 atom stereocenters. The summed E-state index contributed by atoms with van der Waals surface area (Å²) in [4.78, 5) is 2.35. The van der Waals surface area contributed by atoms with Crippen molar-refractivity contribution >= 4 is 11.5 Å². The third-order valence-corrected chi connectivity index (χ3v) is 3.75. The fourth-order valence-corrected chi connectivity index (χ4v) is 2.77. The highest BCUT2D eigenvalue weighted by atomic mass is 15.6. The maximum atomic E-state index is 4.51. The predicted molar refractivity (Wildman–Crippen MR) is 76.7 cm³/mol. The average molecular weight is 275 g/mol. The van der Waals surface area contributed by atoms with E-state index in [4.69, 9.17) is 0 Å². The van der Waals surface area contributed by atoms with Gasteiger partial charge in [0.1, 0.15) is 0 Å². The zero-order chi connectivity index (χ0) is 13.8. The monoisotopic (exact) mass is 275 g/mol. The van der Waals surface area contributed by atoms with E-state index >= 15 is 0 Å². The van der Waals surface area contributed by atoms with Gasteiger partial charge in [0.05, 0.1) is 0 Å². The Morgan fingerprint density at radius 3 is 3.20 bits per heavy atom. The molecule has 3 rings (SSSR count). The van der Waals surface area contributed by atoms with Gasteiger partial charge in [-0.25, -0.2) is 0 Å². The van der Waals surface area contributed by atoms with Crippen molar-refractivity contribution in [3.05, 3.63) is 12.1 Å². The van der Waals surface area contributed by atoms with Crippen LogP contribution in [-0.4, -0.2) is 51.4 Å². The minimum atomic E-state index is 0.685. The molecule has 2 aromatic heterocycles. The van der Waals surface area contributed by atoms with Gasteiger partial charge in [0.2, 0.25) is 0 Å². The van der Waals surface area contributed by atoms with Crippen molar-refractivity contribution in [2.75, 3.05) is 31.1 Å². The van der Waals surface area contributed by atoms with Crippen LogP contribution in [0.3, 0.4) is 0 Å². The van der Waals surface area contributed by atoms with E-state index in [1.807, 2.05) is 12.1 Å². The maximum Gasteiger partial charge on any atom is 0.200 e. The van der Waals surface area contributed by atoms with Gasteiger partial charge in [-0.2, -0.15) is 0 Å². The minimum Gasteiger partial charge on any atom is -0.355 e. The molecule has 1 fully saturated rings. The van der Waals surface area contributed by atoms with E-state index in [1.54, 1.807) is 0 Å². The molecule has 1 unspecified atom stereocenters. The molecule has 2 aromatic rings. The SMILES string of the molecule is CCCN(CC1CCCNC1)c1ccc2nnnn2n1. The summed E-state index contributed by atoms with van der Waals surface area (Å²) < 4.78 is 1.50. The second-order valence-electron chi connectivity index (χ2n) is 5.38. The number of nitrogens with one attached hydrogen (secondary N) is 1. The van der Waals surface area contributed by atoms with Crippen molar-refractivity contribution in [1.82, 2.24) is 30.6 Å². The lowest BCUT2D eigenvalue weighted by Gasteiger charge is -2.30. The molecule has 1 saturated heterocycles. The fraction of sp³-hybridized carbons (Fsp3) is 0.692. The lowest BCUT2D eigenvalue weighted by molar-refractivity contribution is 0.375. The van der Waals surface area contributed by atoms with Gasteiger partial charge in [-0.3, -0.25) is 0 Å². The van der Waals surface area contributed by atoms with Crippen LogP contribution in [-0.2, 0) is 0 Å². The molecular weight excluding hydrogens is 254 g/mol. The Kier molecular flexibility index (Phi) is 4.05. The third kappa shape index (κ3) is 2.87. The Morgan fingerprint density at radius 1 is 1.45 bits per heavy atom. The maximum absolute atomic E-state index is 4.51. The summed E-state index contributed by atoms with van der Waals surface area (Å²) in [6.45, 7) is 6.51. The smallest absolute Gasteiger partial charge is 0.200 e. The van der Waals surface area contributed by atoms with E-state index in [9.17, 15) is 0 Å². The summed E-state index contributed by atoms with van der Waals surface area (Å²) in [7, 11) is 0. The summed E-state index contributed by atoms with van der Waals surface area (Å²) in [6.07, 6.45) is 3.67. The average Bonchev–Trinajstić information content (AvgIpc) is 2.95. The largest absolute Gasteiger partial charge is 0.355 e. The van der Waals surface area contributed by atoms with E-state index in [-0.39, 0.29) is 0 Å². The number of anilines is 1. The molecule has 1 N–H and O–H groups in total. The highest BCUT2D eigenvalue weighted by Crippen LogP contribution is 2.17. The fourth-order valence-electron chi connectivity index (χ4n) is 2.77. The molecular formula is C13H21N7. The highest BCUT2D eigenvalue weighted by Gasteiger charge is 2.18. The molecule has 1 aliphatic rings. The van der Waals surface area contributed by atoms with Crippen LogP contribution in [0.2, 0.25) is 0 Å². The highest BCUT2D eigenvalue weighted by molar-refractivity contribution is 5.44. The van der Waals surface area contributed by atoms with Crippen LogP contribution in [0, 0.1) is 5.92 Å². The van der Waals surface area contributed by atoms with Crippen molar-refractivity contribution in [2.24, 2.45) is 5.92 Å². The first-order valence-corrected chi connectivity index (χ1v) is 7.38. The van der Waals surface area contributed by atoms with Crippen molar-refractivity contribution < 1.29 is 0 Å². The number of hydrogen-bond donors (Lipinski definition) is 1. The third-order valence-electron chi connectivity index (χ3n) is 3.75. The first-order chi connectivity index (χ1) is 9.86. The number of tetrazole rings is 1. The number of piperidine rings is 1. The molecule has 7 heteroatoms. The van der Waals surface area contributed by atoms with Gasteiger partial charge in [0.25, 0.3) is 0 Å². The van der Waals surface area contributed by atoms with Crippen molar-refractivity contribution in [1.29, 1.82) is 0 Å². The van der Waals surface area contributed by atoms with E-state index in [0.29, 0.717) is 11.6 Å². The molecule has 0 spiro atoms. The van der Waals surface area contributed by atoms with Crippen LogP contribution in [0.25, 0.3) is 5.65 Å². The van der Waals surface area contributed by atoms with E-state index in [0.717, 1.165) is 38.4 Å². The molecule has 7 nitrogen and oxygen atoms in total. The number of hydrogen-bond acceptors (Lipinski definition) is 6. The van der Waals surface area contributed by atoms with Crippen molar-refractivity contribution in [3.63, 3.8) is 0 Å². The quantitative estimate of drug-likeness (QED) is 0.867. The lowest BCUT2D eigenvalue weighted by Crippen LogP contribution is -2.39. The Labute approximate surface area is 118 Å². The molecule has 1 aliphatic heterocycles. The number of aromatic nitrogens is 5. The first kappa shape index (κ1) is 13.2. The Balaban J connectivity index is 1.77. The Hall–Kier alpha value is -1.76. The lowest BCUT2D eigenvalue weighted by atomic mass is 9.99. The molecule has 0 aromatic carbocycles. The summed E-state index contributed by atoms with van der Waals surface area (Å²) in [5.41, 5.74) is 0.685. The second kappa shape index (κ2) is 6.13. The zero-order valence-corrected chi connectivity index (χ0v) is 11.9. The molecule has 3 heterocycles. The van der Waals surface area contributed by atoms with Crippen LogP contribution in [0.1, 0.15) is 26.2 Å². The normalized spacial score (nSPS) is 19.4. The van der Waals surface area contributed by atoms with Gasteiger partial charge in [-0.15, -0.1) is 14.8 Å². The number of rotatable bonds is 5. The van der Waals surface area contributed by atoms with Gasteiger partial charge in [0, 0.05) is 13.1 Å². The minimum absolute atomic E-state index is 0.685. The zero-order valence-electron chi connectivity index (χ0n) is 11.9. The van der Waals surface area contributed by atoms with Gasteiger partial charge in [-0.1, -0.05) is 6.92 Å². The van der Waals surface area contributed by atoms with Crippen molar-refractivity contribution in [3.8, 4) is 0 Å². The van der Waals surface area contributed by atoms with E-state index < -0.39 is 0 Å². The van der Waals surface area contributed by atoms with Gasteiger partial charge >= 0.3 is 0 Å². The predicted octanol–water partition coefficient (Wildman–Crippen LogP) is 0.735. The molecule has 0 radical (unpaired) electrons. The standard InChI is InChI=1S/C13H21N7/c1-2-8-19(10-11-4-3-7-14-9-11)13-6-5-12-15-17-18-20(12)16-13/h5-6,11,14H,2-4,7-10H2,1H3.